The van der Waals surface area contributed by atoms with Crippen molar-refractivity contribution in [2.24, 2.45) is 0 Å². The van der Waals surface area contributed by atoms with Crippen LogP contribution < -0.4 is 10.4 Å². The van der Waals surface area contributed by atoms with Crippen molar-refractivity contribution >= 4 is 16.9 Å². The number of rotatable bonds is 4. The number of piperidine rings is 1. The number of carbonyl (C=O) groups is 1. The molecule has 0 unspecified atom stereocenters. The summed E-state index contributed by atoms with van der Waals surface area (Å²) >= 11 is 0. The van der Waals surface area contributed by atoms with Gasteiger partial charge >= 0.3 is 5.63 Å². The highest BCUT2D eigenvalue weighted by molar-refractivity contribution is 5.85. The fourth-order valence-electron chi connectivity index (χ4n) is 3.61. The smallest absolute Gasteiger partial charge is 0.339 e. The number of hydrogen-bond donors (Lipinski definition) is 0. The Balaban J connectivity index is 1.87. The number of nitrogens with zero attached hydrogens (tertiary/aromatic N) is 1. The average Bonchev–Trinajstić information content (AvgIpc) is 2.63. The lowest BCUT2D eigenvalue weighted by atomic mass is 10.00. The zero-order valence-electron chi connectivity index (χ0n) is 15.2. The van der Waals surface area contributed by atoms with Crippen LogP contribution in [0.2, 0.25) is 0 Å². The van der Waals surface area contributed by atoms with Crippen LogP contribution >= 0.6 is 0 Å². The molecule has 5 heteroatoms. The number of amides is 1. The van der Waals surface area contributed by atoms with Gasteiger partial charge in [0.05, 0.1) is 7.11 Å². The van der Waals surface area contributed by atoms with E-state index in [4.69, 9.17) is 9.15 Å². The van der Waals surface area contributed by atoms with Crippen molar-refractivity contribution in [2.45, 2.75) is 46.0 Å². The van der Waals surface area contributed by atoms with Gasteiger partial charge in [0.25, 0.3) is 0 Å². The first kappa shape index (κ1) is 17.5. The SMILES string of the molecule is COc1ccc2c(C)c(CCC(=O)N3CCCCC3)c(=O)oc2c1C. The van der Waals surface area contributed by atoms with E-state index in [0.717, 1.165) is 42.4 Å². The third kappa shape index (κ3) is 3.41. The van der Waals surface area contributed by atoms with Gasteiger partial charge < -0.3 is 14.1 Å². The van der Waals surface area contributed by atoms with E-state index in [1.165, 1.54) is 6.42 Å². The maximum Gasteiger partial charge on any atom is 0.339 e. The molecular weight excluding hydrogens is 318 g/mol. The van der Waals surface area contributed by atoms with Gasteiger partial charge in [0.15, 0.2) is 0 Å². The summed E-state index contributed by atoms with van der Waals surface area (Å²) in [6, 6.07) is 3.79. The number of ether oxygens (including phenoxy) is 1. The van der Waals surface area contributed by atoms with Gasteiger partial charge in [-0.15, -0.1) is 0 Å². The second-order valence-corrected chi connectivity index (χ2v) is 6.70. The fourth-order valence-corrected chi connectivity index (χ4v) is 3.61. The molecule has 1 aromatic carbocycles. The van der Waals surface area contributed by atoms with Crippen LogP contribution in [0, 0.1) is 13.8 Å². The van der Waals surface area contributed by atoms with Gasteiger partial charge in [-0.3, -0.25) is 4.79 Å². The molecule has 0 N–H and O–H groups in total. The maximum absolute atomic E-state index is 12.5. The maximum atomic E-state index is 12.5. The lowest BCUT2D eigenvalue weighted by Gasteiger charge is -2.26. The monoisotopic (exact) mass is 343 g/mol. The molecule has 0 spiro atoms. The van der Waals surface area contributed by atoms with E-state index in [-0.39, 0.29) is 11.5 Å². The van der Waals surface area contributed by atoms with Crippen LogP contribution in [0.25, 0.3) is 11.0 Å². The molecule has 5 nitrogen and oxygen atoms in total. The highest BCUT2D eigenvalue weighted by Gasteiger charge is 2.19. The molecule has 0 saturated carbocycles. The first-order valence-electron chi connectivity index (χ1n) is 8.90. The first-order chi connectivity index (χ1) is 12.0. The number of aryl methyl sites for hydroxylation is 2. The molecule has 1 aliphatic heterocycles. The van der Waals surface area contributed by atoms with Crippen molar-refractivity contribution in [3.8, 4) is 5.75 Å². The Morgan fingerprint density at radius 2 is 1.88 bits per heavy atom. The van der Waals surface area contributed by atoms with Crippen molar-refractivity contribution < 1.29 is 13.9 Å². The Labute approximate surface area is 147 Å². The zero-order chi connectivity index (χ0) is 18.0. The molecular formula is C20H25NO4. The summed E-state index contributed by atoms with van der Waals surface area (Å²) in [4.78, 5) is 26.7. The Morgan fingerprint density at radius 1 is 1.16 bits per heavy atom. The summed E-state index contributed by atoms with van der Waals surface area (Å²) in [7, 11) is 1.60. The molecule has 134 valence electrons. The van der Waals surface area contributed by atoms with Crippen molar-refractivity contribution in [1.82, 2.24) is 4.90 Å². The molecule has 0 radical (unpaired) electrons. The van der Waals surface area contributed by atoms with Crippen LogP contribution in [0.1, 0.15) is 42.4 Å². The molecule has 3 rings (SSSR count). The van der Waals surface area contributed by atoms with Crippen LogP contribution in [-0.2, 0) is 11.2 Å². The number of methoxy groups -OCH3 is 1. The Bertz CT molecular complexity index is 847. The van der Waals surface area contributed by atoms with Gasteiger partial charge in [0.2, 0.25) is 5.91 Å². The second-order valence-electron chi connectivity index (χ2n) is 6.70. The molecule has 0 aliphatic carbocycles. The van der Waals surface area contributed by atoms with Crippen molar-refractivity contribution in [1.29, 1.82) is 0 Å². The van der Waals surface area contributed by atoms with Crippen LogP contribution in [0.5, 0.6) is 5.75 Å². The zero-order valence-corrected chi connectivity index (χ0v) is 15.2. The largest absolute Gasteiger partial charge is 0.496 e. The van der Waals surface area contributed by atoms with E-state index in [0.29, 0.717) is 29.7 Å². The number of benzene rings is 1. The van der Waals surface area contributed by atoms with Gasteiger partial charge in [0, 0.05) is 36.0 Å². The normalized spacial score (nSPS) is 14.8. The van der Waals surface area contributed by atoms with Gasteiger partial charge in [-0.25, -0.2) is 4.79 Å². The topological polar surface area (TPSA) is 59.8 Å². The Hall–Kier alpha value is -2.30. The van der Waals surface area contributed by atoms with Crippen LogP contribution in [0.15, 0.2) is 21.3 Å². The van der Waals surface area contributed by atoms with Gasteiger partial charge in [-0.2, -0.15) is 0 Å². The minimum atomic E-state index is -0.354. The molecule has 0 bridgehead atoms. The number of likely N-dealkylation sites (tertiary alicyclic amines) is 1. The van der Waals surface area contributed by atoms with E-state index in [1.807, 2.05) is 30.9 Å². The van der Waals surface area contributed by atoms with Gasteiger partial charge in [-0.05, 0) is 57.2 Å². The van der Waals surface area contributed by atoms with Crippen LogP contribution in [0.3, 0.4) is 0 Å². The summed E-state index contributed by atoms with van der Waals surface area (Å²) in [6.07, 6.45) is 4.12. The number of hydrogen-bond acceptors (Lipinski definition) is 4. The molecule has 1 amide bonds. The molecule has 2 aromatic rings. The lowest BCUT2D eigenvalue weighted by Crippen LogP contribution is -2.35. The average molecular weight is 343 g/mol. The van der Waals surface area contributed by atoms with E-state index >= 15 is 0 Å². The van der Waals surface area contributed by atoms with Gasteiger partial charge in [0.1, 0.15) is 11.3 Å². The number of fused-ring (bicyclic) bond motifs is 1. The van der Waals surface area contributed by atoms with Crippen molar-refractivity contribution in [2.75, 3.05) is 20.2 Å². The molecule has 1 fully saturated rings. The third-order valence-corrected chi connectivity index (χ3v) is 5.17. The molecule has 0 atom stereocenters. The van der Waals surface area contributed by atoms with Crippen LogP contribution in [-0.4, -0.2) is 31.0 Å². The lowest BCUT2D eigenvalue weighted by molar-refractivity contribution is -0.132. The predicted molar refractivity (Wildman–Crippen MR) is 97.3 cm³/mol. The summed E-state index contributed by atoms with van der Waals surface area (Å²) in [5.41, 5.74) is 2.52. The molecule has 2 heterocycles. The second kappa shape index (κ2) is 7.30. The van der Waals surface area contributed by atoms with E-state index in [9.17, 15) is 9.59 Å². The molecule has 25 heavy (non-hydrogen) atoms. The Morgan fingerprint density at radius 3 is 2.56 bits per heavy atom. The minimum absolute atomic E-state index is 0.129. The number of carbonyl (C=O) groups excluding carboxylic acids is 1. The Kier molecular flexibility index (Phi) is 5.11. The quantitative estimate of drug-likeness (QED) is 0.799. The van der Waals surface area contributed by atoms with Gasteiger partial charge in [-0.1, -0.05) is 0 Å². The third-order valence-electron chi connectivity index (χ3n) is 5.17. The van der Waals surface area contributed by atoms with Crippen molar-refractivity contribution in [3.05, 3.63) is 39.2 Å². The summed E-state index contributed by atoms with van der Waals surface area (Å²) in [5.74, 6) is 0.826. The molecule has 1 aromatic heterocycles. The highest BCUT2D eigenvalue weighted by atomic mass is 16.5. The molecule has 1 saturated heterocycles. The summed E-state index contributed by atoms with van der Waals surface area (Å²) in [5, 5.41) is 0.901. The van der Waals surface area contributed by atoms with E-state index in [2.05, 4.69) is 0 Å². The minimum Gasteiger partial charge on any atom is -0.496 e. The summed E-state index contributed by atoms with van der Waals surface area (Å²) in [6.45, 7) is 5.47. The van der Waals surface area contributed by atoms with Crippen molar-refractivity contribution in [3.63, 3.8) is 0 Å². The van der Waals surface area contributed by atoms with E-state index < -0.39 is 0 Å². The standard InChI is InChI=1S/C20H25NO4/c1-13-15-7-9-17(24-3)14(2)19(15)25-20(23)16(13)8-10-18(22)21-11-5-4-6-12-21/h7,9H,4-6,8,10-12H2,1-3H3. The summed E-state index contributed by atoms with van der Waals surface area (Å²) < 4.78 is 10.9. The predicted octanol–water partition coefficient (Wildman–Crippen LogP) is 3.36. The molecule has 1 aliphatic rings. The highest BCUT2D eigenvalue weighted by Crippen LogP contribution is 2.29. The van der Waals surface area contributed by atoms with E-state index in [1.54, 1.807) is 7.11 Å². The fraction of sp³-hybridized carbons (Fsp3) is 0.500. The first-order valence-corrected chi connectivity index (χ1v) is 8.90. The van der Waals surface area contributed by atoms with Crippen LogP contribution in [0.4, 0.5) is 0 Å².